The number of rotatable bonds is 7. The summed E-state index contributed by atoms with van der Waals surface area (Å²) < 4.78 is 5.30. The lowest BCUT2D eigenvalue weighted by atomic mass is 10.1. The minimum atomic E-state index is -0.388. The Labute approximate surface area is 190 Å². The Balaban J connectivity index is 1.56. The third-order valence-electron chi connectivity index (χ3n) is 5.85. The van der Waals surface area contributed by atoms with Gasteiger partial charge < -0.3 is 15.0 Å². The third kappa shape index (κ3) is 5.62. The number of likely N-dealkylation sites (N-methyl/N-ethyl adjacent to an activating group) is 1. The molecule has 8 nitrogen and oxygen atoms in total. The van der Waals surface area contributed by atoms with E-state index in [2.05, 4.69) is 21.4 Å². The third-order valence-corrected chi connectivity index (χ3v) is 5.85. The van der Waals surface area contributed by atoms with Crippen LogP contribution in [0.25, 0.3) is 0 Å². The highest BCUT2D eigenvalue weighted by Gasteiger charge is 2.32. The number of methoxy groups -OCH3 is 1. The molecule has 172 valence electrons. The average molecular weight is 440 g/mol. The number of piperazine rings is 1. The van der Waals surface area contributed by atoms with Crippen LogP contribution in [0.2, 0.25) is 0 Å². The highest BCUT2D eigenvalue weighted by molar-refractivity contribution is 5.94. The molecule has 8 heteroatoms. The quantitative estimate of drug-likeness (QED) is 0.710. The highest BCUT2D eigenvalue weighted by Crippen LogP contribution is 2.18. The lowest BCUT2D eigenvalue weighted by Crippen LogP contribution is -2.58. The fourth-order valence-electron chi connectivity index (χ4n) is 3.81. The number of nitrogens with one attached hydrogen (secondary N) is 1. The Bertz CT molecular complexity index is 945. The van der Waals surface area contributed by atoms with Gasteiger partial charge in [0.25, 0.3) is 5.91 Å². The summed E-state index contributed by atoms with van der Waals surface area (Å²) in [5.41, 5.74) is 2.66. The number of amides is 2. The van der Waals surface area contributed by atoms with E-state index in [0.29, 0.717) is 37.6 Å². The van der Waals surface area contributed by atoms with Gasteiger partial charge >= 0.3 is 0 Å². The maximum atomic E-state index is 12.9. The molecule has 0 unspecified atom stereocenters. The fourth-order valence-corrected chi connectivity index (χ4v) is 3.81. The van der Waals surface area contributed by atoms with E-state index in [0.717, 1.165) is 23.3 Å². The Morgan fingerprint density at radius 3 is 2.56 bits per heavy atom. The number of hydrogen-bond donors (Lipinski definition) is 1. The summed E-state index contributed by atoms with van der Waals surface area (Å²) in [6.45, 7) is 8.10. The molecule has 1 aromatic carbocycles. The molecule has 0 bridgehead atoms. The molecule has 0 aliphatic carbocycles. The molecular weight excluding hydrogens is 406 g/mol. The molecular formula is C24H33N5O3. The first-order valence-corrected chi connectivity index (χ1v) is 11.0. The van der Waals surface area contributed by atoms with Gasteiger partial charge in [0, 0.05) is 44.5 Å². The second-order valence-corrected chi connectivity index (χ2v) is 8.58. The zero-order chi connectivity index (χ0) is 23.3. The zero-order valence-electron chi connectivity index (χ0n) is 19.6. The summed E-state index contributed by atoms with van der Waals surface area (Å²) in [5, 5.41) is 3.02. The van der Waals surface area contributed by atoms with Gasteiger partial charge in [-0.15, -0.1) is 0 Å². The summed E-state index contributed by atoms with van der Waals surface area (Å²) in [5.74, 6) is 1.57. The van der Waals surface area contributed by atoms with Crippen LogP contribution in [0.1, 0.15) is 47.1 Å². The van der Waals surface area contributed by atoms with E-state index in [1.54, 1.807) is 24.4 Å². The number of benzene rings is 1. The van der Waals surface area contributed by atoms with Crippen LogP contribution in [0.4, 0.5) is 0 Å². The number of aromatic nitrogens is 2. The molecule has 1 aliphatic rings. The van der Waals surface area contributed by atoms with Gasteiger partial charge in [-0.3, -0.25) is 14.5 Å². The number of carbonyl (C=O) groups excluding carboxylic acids is 2. The van der Waals surface area contributed by atoms with Crippen LogP contribution in [0.5, 0.6) is 5.75 Å². The van der Waals surface area contributed by atoms with Crippen molar-refractivity contribution in [3.05, 3.63) is 53.1 Å². The zero-order valence-corrected chi connectivity index (χ0v) is 19.6. The van der Waals surface area contributed by atoms with Crippen molar-refractivity contribution in [1.82, 2.24) is 25.1 Å². The number of hydrogen-bond acceptors (Lipinski definition) is 6. The van der Waals surface area contributed by atoms with Crippen molar-refractivity contribution >= 4 is 11.8 Å². The van der Waals surface area contributed by atoms with Crippen molar-refractivity contribution in [3.8, 4) is 5.75 Å². The molecule has 32 heavy (non-hydrogen) atoms. The van der Waals surface area contributed by atoms with Gasteiger partial charge in [-0.25, -0.2) is 9.97 Å². The molecule has 1 fully saturated rings. The maximum absolute atomic E-state index is 12.9. The first-order valence-electron chi connectivity index (χ1n) is 11.0. The van der Waals surface area contributed by atoms with E-state index in [-0.39, 0.29) is 23.8 Å². The lowest BCUT2D eigenvalue weighted by molar-refractivity contribution is -0.127. The molecule has 1 atom stereocenters. The largest absolute Gasteiger partial charge is 0.496 e. The van der Waals surface area contributed by atoms with Crippen molar-refractivity contribution in [2.24, 2.45) is 0 Å². The summed E-state index contributed by atoms with van der Waals surface area (Å²) in [6, 6.07) is 5.64. The van der Waals surface area contributed by atoms with Gasteiger partial charge in [-0.1, -0.05) is 26.0 Å². The van der Waals surface area contributed by atoms with Crippen LogP contribution >= 0.6 is 0 Å². The monoisotopic (exact) mass is 439 g/mol. The van der Waals surface area contributed by atoms with Crippen molar-refractivity contribution in [2.75, 3.05) is 40.3 Å². The highest BCUT2D eigenvalue weighted by atomic mass is 16.5. The minimum Gasteiger partial charge on any atom is -0.496 e. The van der Waals surface area contributed by atoms with Gasteiger partial charge in [0.1, 0.15) is 17.6 Å². The van der Waals surface area contributed by atoms with Crippen LogP contribution in [0.3, 0.4) is 0 Å². The van der Waals surface area contributed by atoms with Crippen LogP contribution in [0.15, 0.2) is 30.6 Å². The number of ether oxygens (including phenoxy) is 1. The van der Waals surface area contributed by atoms with E-state index < -0.39 is 0 Å². The predicted molar refractivity (Wildman–Crippen MR) is 123 cm³/mol. The Morgan fingerprint density at radius 1 is 1.22 bits per heavy atom. The molecule has 0 radical (unpaired) electrons. The van der Waals surface area contributed by atoms with E-state index in [4.69, 9.17) is 4.74 Å². The van der Waals surface area contributed by atoms with Crippen molar-refractivity contribution in [1.29, 1.82) is 0 Å². The van der Waals surface area contributed by atoms with Gasteiger partial charge in [-0.05, 0) is 37.6 Å². The standard InChI is InChI=1S/C24H33N5O3/c1-16(2)22-26-13-19(14-27-22)24(31)29-11-10-28(4)20(15-29)23(30)25-9-8-18-6-7-21(32-5)17(3)12-18/h6-7,12-14,16,20H,8-11,15H2,1-5H3,(H,25,30)/t20-/m1/s1. The van der Waals surface area contributed by atoms with Gasteiger partial charge in [0.05, 0.1) is 12.7 Å². The Kier molecular flexibility index (Phi) is 7.80. The first-order chi connectivity index (χ1) is 15.3. The number of aryl methyl sites for hydroxylation is 1. The summed E-state index contributed by atoms with van der Waals surface area (Å²) in [4.78, 5) is 38.1. The molecule has 3 rings (SSSR count). The second kappa shape index (κ2) is 10.5. The normalized spacial score (nSPS) is 16.8. The summed E-state index contributed by atoms with van der Waals surface area (Å²) >= 11 is 0. The molecule has 2 amide bonds. The second-order valence-electron chi connectivity index (χ2n) is 8.58. The van der Waals surface area contributed by atoms with Crippen molar-refractivity contribution in [3.63, 3.8) is 0 Å². The van der Waals surface area contributed by atoms with Crippen LogP contribution in [0, 0.1) is 6.92 Å². The van der Waals surface area contributed by atoms with E-state index >= 15 is 0 Å². The fraction of sp³-hybridized carbons (Fsp3) is 0.500. The Hall–Kier alpha value is -3.00. The molecule has 1 saturated heterocycles. The van der Waals surface area contributed by atoms with Crippen molar-refractivity contribution < 1.29 is 14.3 Å². The summed E-state index contributed by atoms with van der Waals surface area (Å²) in [6.07, 6.45) is 3.89. The molecule has 0 saturated carbocycles. The van der Waals surface area contributed by atoms with Gasteiger partial charge in [-0.2, -0.15) is 0 Å². The van der Waals surface area contributed by atoms with Gasteiger partial charge in [0.2, 0.25) is 5.91 Å². The Morgan fingerprint density at radius 2 is 1.94 bits per heavy atom. The van der Waals surface area contributed by atoms with E-state index in [1.165, 1.54) is 0 Å². The molecule has 0 spiro atoms. The number of carbonyl (C=O) groups is 2. The smallest absolute Gasteiger partial charge is 0.257 e. The van der Waals surface area contributed by atoms with Crippen LogP contribution < -0.4 is 10.1 Å². The molecule has 1 N–H and O–H groups in total. The molecule has 2 aromatic rings. The molecule has 1 aliphatic heterocycles. The maximum Gasteiger partial charge on any atom is 0.257 e. The van der Waals surface area contributed by atoms with E-state index in [1.807, 2.05) is 44.9 Å². The number of nitrogens with zero attached hydrogens (tertiary/aromatic N) is 4. The van der Waals surface area contributed by atoms with Crippen LogP contribution in [-0.2, 0) is 11.2 Å². The summed E-state index contributed by atoms with van der Waals surface area (Å²) in [7, 11) is 3.57. The molecule has 1 aromatic heterocycles. The topological polar surface area (TPSA) is 87.7 Å². The van der Waals surface area contributed by atoms with Gasteiger partial charge in [0.15, 0.2) is 0 Å². The average Bonchev–Trinajstić information content (AvgIpc) is 2.79. The molecule has 2 heterocycles. The first kappa shape index (κ1) is 23.7. The SMILES string of the molecule is COc1ccc(CCNC(=O)[C@H]2CN(C(=O)c3cnc(C(C)C)nc3)CCN2C)cc1C. The van der Waals surface area contributed by atoms with E-state index in [9.17, 15) is 9.59 Å². The van der Waals surface area contributed by atoms with Crippen LogP contribution in [-0.4, -0.2) is 78.0 Å². The minimum absolute atomic E-state index is 0.0679. The lowest BCUT2D eigenvalue weighted by Gasteiger charge is -2.38. The predicted octanol–water partition coefficient (Wildman–Crippen LogP) is 2.03. The van der Waals surface area contributed by atoms with Crippen molar-refractivity contribution in [2.45, 2.75) is 39.2 Å².